The number of halogens is 1. The summed E-state index contributed by atoms with van der Waals surface area (Å²) in [5.74, 6) is 0.00395. The second-order valence-corrected chi connectivity index (χ2v) is 6.57. The molecule has 1 atom stereocenters. The molecule has 21 heavy (non-hydrogen) atoms. The van der Waals surface area contributed by atoms with Crippen LogP contribution in [0.3, 0.4) is 0 Å². The van der Waals surface area contributed by atoms with Crippen molar-refractivity contribution in [2.45, 2.75) is 23.0 Å². The summed E-state index contributed by atoms with van der Waals surface area (Å²) < 4.78 is 0. The van der Waals surface area contributed by atoms with Crippen molar-refractivity contribution in [3.63, 3.8) is 0 Å². The highest BCUT2D eigenvalue weighted by Crippen LogP contribution is 2.38. The molecule has 0 radical (unpaired) electrons. The maximum absolute atomic E-state index is 12.4. The van der Waals surface area contributed by atoms with E-state index < -0.39 is 0 Å². The van der Waals surface area contributed by atoms with Gasteiger partial charge >= 0.3 is 0 Å². The molecule has 0 saturated heterocycles. The standard InChI is InChI=1S/C16H15ClN2OS/c17-11-5-3-6-12(18)15(11)21-14-9-8-10-4-1-2-7-13(10)19-16(14)20/h1-7,14H,8-9,18H2,(H,19,20). The first-order valence-corrected chi connectivity index (χ1v) is 8.00. The van der Waals surface area contributed by atoms with Crippen LogP contribution in [0.4, 0.5) is 11.4 Å². The fourth-order valence-corrected chi connectivity index (χ4v) is 3.78. The van der Waals surface area contributed by atoms with Crippen molar-refractivity contribution in [2.24, 2.45) is 0 Å². The van der Waals surface area contributed by atoms with E-state index in [0.29, 0.717) is 10.7 Å². The van der Waals surface area contributed by atoms with Gasteiger partial charge in [-0.2, -0.15) is 0 Å². The first-order chi connectivity index (χ1) is 10.1. The second kappa shape index (κ2) is 6.00. The molecule has 0 bridgehead atoms. The summed E-state index contributed by atoms with van der Waals surface area (Å²) in [5.41, 5.74) is 8.65. The third-order valence-corrected chi connectivity index (χ3v) is 5.35. The van der Waals surface area contributed by atoms with Crippen molar-refractivity contribution in [1.29, 1.82) is 0 Å². The Morgan fingerprint density at radius 1 is 1.19 bits per heavy atom. The zero-order chi connectivity index (χ0) is 14.8. The largest absolute Gasteiger partial charge is 0.398 e. The van der Waals surface area contributed by atoms with Gasteiger partial charge in [0.25, 0.3) is 0 Å². The lowest BCUT2D eigenvalue weighted by atomic mass is 10.1. The van der Waals surface area contributed by atoms with E-state index in [4.69, 9.17) is 17.3 Å². The smallest absolute Gasteiger partial charge is 0.237 e. The number of nitrogens with one attached hydrogen (secondary N) is 1. The fourth-order valence-electron chi connectivity index (χ4n) is 2.40. The lowest BCUT2D eigenvalue weighted by molar-refractivity contribution is -0.115. The van der Waals surface area contributed by atoms with Crippen LogP contribution in [0.15, 0.2) is 47.4 Å². The van der Waals surface area contributed by atoms with E-state index in [1.807, 2.05) is 30.3 Å². The molecule has 1 unspecified atom stereocenters. The monoisotopic (exact) mass is 318 g/mol. The van der Waals surface area contributed by atoms with Crippen LogP contribution in [0.5, 0.6) is 0 Å². The summed E-state index contributed by atoms with van der Waals surface area (Å²) in [4.78, 5) is 13.2. The van der Waals surface area contributed by atoms with Gasteiger partial charge in [0.1, 0.15) is 0 Å². The predicted molar refractivity (Wildman–Crippen MR) is 88.9 cm³/mol. The first kappa shape index (κ1) is 14.3. The number of hydrogen-bond donors (Lipinski definition) is 2. The number of nitrogen functional groups attached to an aromatic ring is 1. The van der Waals surface area contributed by atoms with Crippen LogP contribution in [0.25, 0.3) is 0 Å². The minimum atomic E-state index is -0.195. The third kappa shape index (κ3) is 3.01. The molecule has 2 aromatic carbocycles. The lowest BCUT2D eigenvalue weighted by Crippen LogP contribution is -2.23. The van der Waals surface area contributed by atoms with Crippen LogP contribution in [0.1, 0.15) is 12.0 Å². The van der Waals surface area contributed by atoms with Crippen molar-refractivity contribution in [1.82, 2.24) is 0 Å². The summed E-state index contributed by atoms with van der Waals surface area (Å²) in [6.45, 7) is 0. The van der Waals surface area contributed by atoms with E-state index >= 15 is 0 Å². The van der Waals surface area contributed by atoms with Crippen LogP contribution in [-0.2, 0) is 11.2 Å². The molecule has 3 rings (SSSR count). The van der Waals surface area contributed by atoms with Crippen molar-refractivity contribution >= 4 is 40.6 Å². The number of nitrogens with two attached hydrogens (primary N) is 1. The molecular formula is C16H15ClN2OS. The highest BCUT2D eigenvalue weighted by molar-refractivity contribution is 8.00. The molecule has 0 fully saturated rings. The third-order valence-electron chi connectivity index (χ3n) is 3.50. The van der Waals surface area contributed by atoms with E-state index in [0.717, 1.165) is 23.4 Å². The van der Waals surface area contributed by atoms with Crippen molar-refractivity contribution in [2.75, 3.05) is 11.1 Å². The summed E-state index contributed by atoms with van der Waals surface area (Å²) in [7, 11) is 0. The highest BCUT2D eigenvalue weighted by Gasteiger charge is 2.25. The molecule has 2 aromatic rings. The van der Waals surface area contributed by atoms with Gasteiger partial charge in [0.15, 0.2) is 0 Å². The Morgan fingerprint density at radius 3 is 2.81 bits per heavy atom. The Hall–Kier alpha value is -1.65. The van der Waals surface area contributed by atoms with Crippen molar-refractivity contribution < 1.29 is 4.79 Å². The Morgan fingerprint density at radius 2 is 2.00 bits per heavy atom. The minimum Gasteiger partial charge on any atom is -0.398 e. The van der Waals surface area contributed by atoms with Gasteiger partial charge in [-0.05, 0) is 36.6 Å². The van der Waals surface area contributed by atoms with Gasteiger partial charge in [-0.15, -0.1) is 11.8 Å². The van der Waals surface area contributed by atoms with Gasteiger partial charge in [-0.3, -0.25) is 4.79 Å². The Kier molecular flexibility index (Phi) is 4.08. The quantitative estimate of drug-likeness (QED) is 0.824. The molecule has 108 valence electrons. The molecule has 0 spiro atoms. The molecule has 5 heteroatoms. The Balaban J connectivity index is 1.83. The SMILES string of the molecule is Nc1cccc(Cl)c1SC1CCc2ccccc2NC1=O. The number of anilines is 2. The van der Waals surface area contributed by atoms with Gasteiger partial charge < -0.3 is 11.1 Å². The number of carbonyl (C=O) groups is 1. The Labute approximate surface area is 132 Å². The van der Waals surface area contributed by atoms with Crippen molar-refractivity contribution in [3.8, 4) is 0 Å². The molecule has 1 aliphatic rings. The van der Waals surface area contributed by atoms with Crippen LogP contribution in [0.2, 0.25) is 5.02 Å². The molecule has 1 heterocycles. The molecule has 3 N–H and O–H groups in total. The number of para-hydroxylation sites is 1. The topological polar surface area (TPSA) is 55.1 Å². The molecule has 1 amide bonds. The molecule has 1 aliphatic heterocycles. The van der Waals surface area contributed by atoms with Gasteiger partial charge in [0, 0.05) is 16.3 Å². The van der Waals surface area contributed by atoms with Crippen LogP contribution < -0.4 is 11.1 Å². The van der Waals surface area contributed by atoms with Gasteiger partial charge in [-0.25, -0.2) is 0 Å². The molecule has 3 nitrogen and oxygen atoms in total. The number of aryl methyl sites for hydroxylation is 1. The molecule has 0 aliphatic carbocycles. The summed E-state index contributed by atoms with van der Waals surface area (Å²) >= 11 is 7.63. The average molecular weight is 319 g/mol. The first-order valence-electron chi connectivity index (χ1n) is 6.74. The van der Waals surface area contributed by atoms with E-state index in [-0.39, 0.29) is 11.2 Å². The fraction of sp³-hybridized carbons (Fsp3) is 0.188. The van der Waals surface area contributed by atoms with E-state index in [1.165, 1.54) is 17.3 Å². The lowest BCUT2D eigenvalue weighted by Gasteiger charge is -2.15. The van der Waals surface area contributed by atoms with Crippen LogP contribution in [-0.4, -0.2) is 11.2 Å². The summed E-state index contributed by atoms with van der Waals surface area (Å²) in [5, 5.41) is 3.39. The van der Waals surface area contributed by atoms with Gasteiger partial charge in [0.05, 0.1) is 10.3 Å². The van der Waals surface area contributed by atoms with E-state index in [9.17, 15) is 4.79 Å². The van der Waals surface area contributed by atoms with Gasteiger partial charge in [0.2, 0.25) is 5.91 Å². The number of amides is 1. The van der Waals surface area contributed by atoms with E-state index in [2.05, 4.69) is 5.32 Å². The van der Waals surface area contributed by atoms with Gasteiger partial charge in [-0.1, -0.05) is 35.9 Å². The zero-order valence-corrected chi connectivity index (χ0v) is 12.9. The number of carbonyl (C=O) groups excluding carboxylic acids is 1. The molecule has 0 saturated carbocycles. The minimum absolute atomic E-state index is 0.00395. The highest BCUT2D eigenvalue weighted by atomic mass is 35.5. The maximum atomic E-state index is 12.4. The molecule has 0 aromatic heterocycles. The average Bonchev–Trinajstić information content (AvgIpc) is 2.62. The summed E-state index contributed by atoms with van der Waals surface area (Å²) in [6, 6.07) is 13.3. The normalized spacial score (nSPS) is 17.8. The maximum Gasteiger partial charge on any atom is 0.237 e. The summed E-state index contributed by atoms with van der Waals surface area (Å²) in [6.07, 6.45) is 1.62. The van der Waals surface area contributed by atoms with Crippen LogP contribution >= 0.6 is 23.4 Å². The number of thioether (sulfide) groups is 1. The number of fused-ring (bicyclic) bond motifs is 1. The number of rotatable bonds is 2. The number of hydrogen-bond acceptors (Lipinski definition) is 3. The second-order valence-electron chi connectivity index (χ2n) is 4.95. The molecular weight excluding hydrogens is 304 g/mol. The van der Waals surface area contributed by atoms with Crippen molar-refractivity contribution in [3.05, 3.63) is 53.1 Å². The predicted octanol–water partition coefficient (Wildman–Crippen LogP) is 3.97. The van der Waals surface area contributed by atoms with E-state index in [1.54, 1.807) is 12.1 Å². The number of benzene rings is 2. The zero-order valence-electron chi connectivity index (χ0n) is 11.3. The van der Waals surface area contributed by atoms with Crippen LogP contribution in [0, 0.1) is 0 Å². The Bertz CT molecular complexity index is 669.